The number of hydrogen-bond donors (Lipinski definition) is 2. The smallest absolute Gasteiger partial charge is 0.123 e. The Bertz CT molecular complexity index is 401. The average Bonchev–Trinajstić information content (AvgIpc) is 3.31. The van der Waals surface area contributed by atoms with Crippen molar-refractivity contribution in [3.8, 4) is 0 Å². The molecule has 2 nitrogen and oxygen atoms in total. The molecule has 0 bridgehead atoms. The molecule has 0 radical (unpaired) electrons. The number of rotatable bonds is 8. The van der Waals surface area contributed by atoms with Crippen molar-refractivity contribution in [2.24, 2.45) is 11.3 Å². The van der Waals surface area contributed by atoms with Gasteiger partial charge in [-0.15, -0.1) is 0 Å². The first kappa shape index (κ1) is 15.5. The molecule has 0 saturated heterocycles. The molecule has 0 heterocycles. The molecule has 1 unspecified atom stereocenters. The van der Waals surface area contributed by atoms with Crippen molar-refractivity contribution in [3.05, 3.63) is 35.6 Å². The quantitative estimate of drug-likeness (QED) is 0.761. The summed E-state index contributed by atoms with van der Waals surface area (Å²) in [6.07, 6.45) is 4.40. The number of nitrogens with one attached hydrogen (secondary N) is 1. The van der Waals surface area contributed by atoms with Crippen LogP contribution in [-0.2, 0) is 0 Å². The van der Waals surface area contributed by atoms with Crippen LogP contribution in [0.5, 0.6) is 0 Å². The number of hydrogen-bond acceptors (Lipinski definition) is 2. The molecule has 1 aromatic rings. The third kappa shape index (κ3) is 3.58. The molecule has 20 heavy (non-hydrogen) atoms. The summed E-state index contributed by atoms with van der Waals surface area (Å²) >= 11 is 0. The second kappa shape index (κ2) is 6.68. The lowest BCUT2D eigenvalue weighted by molar-refractivity contribution is 0.108. The third-order valence-electron chi connectivity index (χ3n) is 4.85. The zero-order chi connectivity index (χ0) is 14.6. The lowest BCUT2D eigenvalue weighted by atomic mass is 9.82. The molecule has 1 aliphatic carbocycles. The molecule has 1 fully saturated rings. The van der Waals surface area contributed by atoms with Gasteiger partial charge in [-0.2, -0.15) is 0 Å². The first-order chi connectivity index (χ1) is 9.64. The Balaban J connectivity index is 2.05. The van der Waals surface area contributed by atoms with Gasteiger partial charge in [0.25, 0.3) is 0 Å². The fraction of sp³-hybridized carbons (Fsp3) is 0.647. The summed E-state index contributed by atoms with van der Waals surface area (Å²) < 4.78 is 13.1. The van der Waals surface area contributed by atoms with Crippen LogP contribution in [0.15, 0.2) is 24.3 Å². The first-order valence-corrected chi connectivity index (χ1v) is 7.74. The van der Waals surface area contributed by atoms with E-state index in [9.17, 15) is 9.50 Å². The van der Waals surface area contributed by atoms with E-state index in [1.54, 1.807) is 0 Å². The van der Waals surface area contributed by atoms with Crippen LogP contribution in [-0.4, -0.2) is 18.3 Å². The Morgan fingerprint density at radius 1 is 1.25 bits per heavy atom. The molecule has 2 N–H and O–H groups in total. The molecular weight excluding hydrogens is 253 g/mol. The average molecular weight is 279 g/mol. The van der Waals surface area contributed by atoms with Gasteiger partial charge >= 0.3 is 0 Å². The summed E-state index contributed by atoms with van der Waals surface area (Å²) in [5.41, 5.74) is 1.13. The van der Waals surface area contributed by atoms with Crippen molar-refractivity contribution < 1.29 is 9.50 Å². The maximum atomic E-state index is 13.1. The number of benzene rings is 1. The minimum absolute atomic E-state index is 0.0346. The van der Waals surface area contributed by atoms with Crippen LogP contribution in [0, 0.1) is 17.2 Å². The van der Waals surface area contributed by atoms with Crippen molar-refractivity contribution in [1.29, 1.82) is 0 Å². The molecule has 0 aromatic heterocycles. The van der Waals surface area contributed by atoms with Gasteiger partial charge in [-0.1, -0.05) is 26.0 Å². The summed E-state index contributed by atoms with van der Waals surface area (Å²) in [6.45, 7) is 5.29. The minimum Gasteiger partial charge on any atom is -0.396 e. The van der Waals surface area contributed by atoms with E-state index in [0.29, 0.717) is 12.0 Å². The molecule has 1 aromatic carbocycles. The van der Waals surface area contributed by atoms with Gasteiger partial charge in [0, 0.05) is 24.6 Å². The normalized spacial score (nSPS) is 17.2. The van der Waals surface area contributed by atoms with E-state index in [-0.39, 0.29) is 17.8 Å². The van der Waals surface area contributed by atoms with E-state index in [1.165, 1.54) is 25.0 Å². The Labute approximate surface area is 121 Å². The highest BCUT2D eigenvalue weighted by molar-refractivity contribution is 5.22. The predicted molar refractivity (Wildman–Crippen MR) is 80.0 cm³/mol. The van der Waals surface area contributed by atoms with E-state index < -0.39 is 0 Å². The largest absolute Gasteiger partial charge is 0.396 e. The van der Waals surface area contributed by atoms with Gasteiger partial charge in [0.05, 0.1) is 0 Å². The topological polar surface area (TPSA) is 32.3 Å². The van der Waals surface area contributed by atoms with Gasteiger partial charge in [-0.3, -0.25) is 0 Å². The second-order valence-corrected chi connectivity index (χ2v) is 6.11. The molecule has 112 valence electrons. The lowest BCUT2D eigenvalue weighted by Gasteiger charge is -2.32. The molecular formula is C17H26FNO. The van der Waals surface area contributed by atoms with E-state index in [4.69, 9.17) is 0 Å². The van der Waals surface area contributed by atoms with E-state index >= 15 is 0 Å². The van der Waals surface area contributed by atoms with E-state index in [1.807, 2.05) is 12.1 Å². The summed E-state index contributed by atoms with van der Waals surface area (Å²) in [5.74, 6) is 0.473. The monoisotopic (exact) mass is 279 g/mol. The summed E-state index contributed by atoms with van der Waals surface area (Å²) in [6, 6.07) is 7.12. The molecule has 0 amide bonds. The molecule has 1 atom stereocenters. The maximum Gasteiger partial charge on any atom is 0.123 e. The number of halogens is 1. The zero-order valence-electron chi connectivity index (χ0n) is 12.5. The van der Waals surface area contributed by atoms with Crippen molar-refractivity contribution in [3.63, 3.8) is 0 Å². The fourth-order valence-electron chi connectivity index (χ4n) is 2.76. The van der Waals surface area contributed by atoms with Crippen LogP contribution in [0.25, 0.3) is 0 Å². The van der Waals surface area contributed by atoms with Crippen molar-refractivity contribution in [2.75, 3.05) is 13.2 Å². The van der Waals surface area contributed by atoms with E-state index in [0.717, 1.165) is 24.9 Å². The summed E-state index contributed by atoms with van der Waals surface area (Å²) in [7, 11) is 0. The Morgan fingerprint density at radius 2 is 1.85 bits per heavy atom. The molecule has 2 rings (SSSR count). The SMILES string of the molecule is CCC(CC)(CO)CNC(c1ccc(F)cc1)C1CC1. The Hall–Kier alpha value is -0.930. The second-order valence-electron chi connectivity index (χ2n) is 6.11. The number of aliphatic hydroxyl groups excluding tert-OH is 1. The van der Waals surface area contributed by atoms with Crippen LogP contribution < -0.4 is 5.32 Å². The predicted octanol–water partition coefficient (Wildman–Crippen LogP) is 3.67. The van der Waals surface area contributed by atoms with Gasteiger partial charge < -0.3 is 10.4 Å². The summed E-state index contributed by atoms with van der Waals surface area (Å²) in [5, 5.41) is 13.3. The third-order valence-corrected chi connectivity index (χ3v) is 4.85. The van der Waals surface area contributed by atoms with Gasteiger partial charge in [0.15, 0.2) is 0 Å². The minimum atomic E-state index is -0.185. The van der Waals surface area contributed by atoms with E-state index in [2.05, 4.69) is 19.2 Å². The van der Waals surface area contributed by atoms with Crippen molar-refractivity contribution in [1.82, 2.24) is 5.32 Å². The highest BCUT2D eigenvalue weighted by Gasteiger charge is 2.34. The summed E-state index contributed by atoms with van der Waals surface area (Å²) in [4.78, 5) is 0. The molecule has 1 saturated carbocycles. The fourth-order valence-corrected chi connectivity index (χ4v) is 2.76. The van der Waals surface area contributed by atoms with Crippen LogP contribution >= 0.6 is 0 Å². The van der Waals surface area contributed by atoms with Gasteiger partial charge in [-0.25, -0.2) is 4.39 Å². The highest BCUT2D eigenvalue weighted by atomic mass is 19.1. The molecule has 1 aliphatic rings. The zero-order valence-corrected chi connectivity index (χ0v) is 12.5. The van der Waals surface area contributed by atoms with Crippen LogP contribution in [0.3, 0.4) is 0 Å². The first-order valence-electron chi connectivity index (χ1n) is 7.74. The Kier molecular flexibility index (Phi) is 5.17. The van der Waals surface area contributed by atoms with Crippen LogP contribution in [0.2, 0.25) is 0 Å². The van der Waals surface area contributed by atoms with Crippen LogP contribution in [0.4, 0.5) is 4.39 Å². The van der Waals surface area contributed by atoms with Crippen LogP contribution in [0.1, 0.15) is 51.1 Å². The van der Waals surface area contributed by atoms with Gasteiger partial charge in [0.2, 0.25) is 0 Å². The standard InChI is InChI=1S/C17H26FNO/c1-3-17(4-2,12-20)11-19-16(13-5-6-13)14-7-9-15(18)10-8-14/h7-10,13,16,19-20H,3-6,11-12H2,1-2H3. The number of aliphatic hydroxyl groups is 1. The van der Waals surface area contributed by atoms with Gasteiger partial charge in [0.1, 0.15) is 5.82 Å². The van der Waals surface area contributed by atoms with Crippen molar-refractivity contribution >= 4 is 0 Å². The molecule has 0 spiro atoms. The Morgan fingerprint density at radius 3 is 2.30 bits per heavy atom. The van der Waals surface area contributed by atoms with Gasteiger partial charge in [-0.05, 0) is 49.3 Å². The lowest BCUT2D eigenvalue weighted by Crippen LogP contribution is -2.38. The maximum absolute atomic E-state index is 13.1. The molecule has 3 heteroatoms. The molecule has 0 aliphatic heterocycles. The van der Waals surface area contributed by atoms with Crippen molar-refractivity contribution in [2.45, 2.75) is 45.6 Å². The highest BCUT2D eigenvalue weighted by Crippen LogP contribution is 2.41.